The number of nitrogens with one attached hydrogen (secondary N) is 1. The topological polar surface area (TPSA) is 95.9 Å². The van der Waals surface area contributed by atoms with Gasteiger partial charge in [-0.1, -0.05) is 55.5 Å². The standard InChI is InChI=1S/C25H28N2O5/c1-16(24(30)27-13-17(14-27)10-11-23(28)29)12-26-25(31)32-15-22-20-8-4-2-6-18(20)19-7-3-5-9-21(19)22/h2-9,16-17,22H,10-15H2,1H3,(H,26,31)(H,28,29). The molecule has 1 fully saturated rings. The van der Waals surface area contributed by atoms with Crippen LogP contribution in [0.5, 0.6) is 0 Å². The fourth-order valence-electron chi connectivity index (χ4n) is 4.54. The van der Waals surface area contributed by atoms with Crippen LogP contribution in [0.4, 0.5) is 4.79 Å². The van der Waals surface area contributed by atoms with E-state index in [4.69, 9.17) is 9.84 Å². The highest BCUT2D eigenvalue weighted by Crippen LogP contribution is 2.44. The highest BCUT2D eigenvalue weighted by atomic mass is 16.5. The molecular weight excluding hydrogens is 408 g/mol. The average molecular weight is 437 g/mol. The number of carbonyl (C=O) groups excluding carboxylic acids is 2. The maximum atomic E-state index is 12.5. The second-order valence-corrected chi connectivity index (χ2v) is 8.65. The highest BCUT2D eigenvalue weighted by Gasteiger charge is 2.33. The smallest absolute Gasteiger partial charge is 0.407 e. The number of alkyl carbamates (subject to hydrolysis) is 1. The van der Waals surface area contributed by atoms with Gasteiger partial charge >= 0.3 is 12.1 Å². The predicted octanol–water partition coefficient (Wildman–Crippen LogP) is 3.48. The number of hydrogen-bond donors (Lipinski definition) is 2. The van der Waals surface area contributed by atoms with Crippen LogP contribution in [0.15, 0.2) is 48.5 Å². The molecular formula is C25H28N2O5. The van der Waals surface area contributed by atoms with E-state index in [9.17, 15) is 14.4 Å². The van der Waals surface area contributed by atoms with E-state index in [1.54, 1.807) is 11.8 Å². The summed E-state index contributed by atoms with van der Waals surface area (Å²) in [7, 11) is 0. The van der Waals surface area contributed by atoms with Gasteiger partial charge in [0.2, 0.25) is 5.91 Å². The Labute approximate surface area is 187 Å². The van der Waals surface area contributed by atoms with Crippen LogP contribution >= 0.6 is 0 Å². The van der Waals surface area contributed by atoms with Gasteiger partial charge in [0.15, 0.2) is 0 Å². The van der Waals surface area contributed by atoms with Gasteiger partial charge in [-0.15, -0.1) is 0 Å². The number of rotatable bonds is 8. The monoisotopic (exact) mass is 436 g/mol. The molecule has 0 radical (unpaired) electrons. The van der Waals surface area contributed by atoms with E-state index >= 15 is 0 Å². The average Bonchev–Trinajstić information content (AvgIpc) is 3.08. The van der Waals surface area contributed by atoms with Crippen molar-refractivity contribution in [3.63, 3.8) is 0 Å². The molecule has 0 bridgehead atoms. The van der Waals surface area contributed by atoms with E-state index in [1.807, 2.05) is 24.3 Å². The van der Waals surface area contributed by atoms with E-state index in [0.29, 0.717) is 19.5 Å². The molecule has 2 aliphatic rings. The van der Waals surface area contributed by atoms with Gasteiger partial charge in [0.1, 0.15) is 6.61 Å². The second-order valence-electron chi connectivity index (χ2n) is 8.65. The van der Waals surface area contributed by atoms with Crippen molar-refractivity contribution in [1.82, 2.24) is 10.2 Å². The lowest BCUT2D eigenvalue weighted by atomic mass is 9.93. The Morgan fingerprint density at radius 2 is 1.66 bits per heavy atom. The summed E-state index contributed by atoms with van der Waals surface area (Å²) in [6.07, 6.45) is 0.186. The zero-order valence-electron chi connectivity index (χ0n) is 18.1. The minimum absolute atomic E-state index is 0.00368. The summed E-state index contributed by atoms with van der Waals surface area (Å²) >= 11 is 0. The molecule has 2 aromatic rings. The van der Waals surface area contributed by atoms with Crippen molar-refractivity contribution < 1.29 is 24.2 Å². The molecule has 1 aliphatic carbocycles. The fraction of sp³-hybridized carbons (Fsp3) is 0.400. The summed E-state index contributed by atoms with van der Waals surface area (Å²) in [5.74, 6) is -0.963. The van der Waals surface area contributed by atoms with Gasteiger partial charge in [0.05, 0.1) is 5.92 Å². The lowest BCUT2D eigenvalue weighted by molar-refractivity contribution is -0.142. The quantitative estimate of drug-likeness (QED) is 0.661. The normalized spacial score (nSPS) is 16.0. The first-order valence-corrected chi connectivity index (χ1v) is 11.0. The van der Waals surface area contributed by atoms with Crippen molar-refractivity contribution in [2.45, 2.75) is 25.7 Å². The molecule has 1 aliphatic heterocycles. The number of ether oxygens (including phenoxy) is 1. The van der Waals surface area contributed by atoms with E-state index in [0.717, 1.165) is 11.1 Å². The number of carboxylic acids is 1. The van der Waals surface area contributed by atoms with Crippen molar-refractivity contribution in [3.8, 4) is 11.1 Å². The van der Waals surface area contributed by atoms with Gasteiger partial charge in [0, 0.05) is 32.0 Å². The van der Waals surface area contributed by atoms with Crippen molar-refractivity contribution in [1.29, 1.82) is 0 Å². The molecule has 1 heterocycles. The Hall–Kier alpha value is -3.35. The van der Waals surface area contributed by atoms with Gasteiger partial charge in [-0.25, -0.2) is 4.79 Å². The molecule has 0 spiro atoms. The predicted molar refractivity (Wildman–Crippen MR) is 119 cm³/mol. The molecule has 32 heavy (non-hydrogen) atoms. The molecule has 0 aromatic heterocycles. The number of likely N-dealkylation sites (tertiary alicyclic amines) is 1. The van der Waals surface area contributed by atoms with Crippen molar-refractivity contribution in [2.24, 2.45) is 11.8 Å². The summed E-state index contributed by atoms with van der Waals surface area (Å²) in [5, 5.41) is 11.4. The molecule has 168 valence electrons. The maximum Gasteiger partial charge on any atom is 0.407 e. The summed E-state index contributed by atoms with van der Waals surface area (Å²) in [4.78, 5) is 37.1. The number of carboxylic acid groups (broad SMARTS) is 1. The van der Waals surface area contributed by atoms with E-state index in [-0.39, 0.29) is 43.2 Å². The van der Waals surface area contributed by atoms with Crippen LogP contribution in [0.25, 0.3) is 11.1 Å². The van der Waals surface area contributed by atoms with E-state index in [1.165, 1.54) is 11.1 Å². The van der Waals surface area contributed by atoms with Crippen LogP contribution in [0.1, 0.15) is 36.8 Å². The summed E-state index contributed by atoms with van der Waals surface area (Å²) in [6, 6.07) is 16.3. The number of benzene rings is 2. The SMILES string of the molecule is CC(CNC(=O)OCC1c2ccccc2-c2ccccc21)C(=O)N1CC(CCC(=O)O)C1. The van der Waals surface area contributed by atoms with Gasteiger partial charge in [-0.2, -0.15) is 0 Å². The first-order chi connectivity index (χ1) is 15.4. The molecule has 2 N–H and O–H groups in total. The van der Waals surface area contributed by atoms with Crippen molar-refractivity contribution in [3.05, 3.63) is 59.7 Å². The van der Waals surface area contributed by atoms with Gasteiger partial charge < -0.3 is 20.1 Å². The number of fused-ring (bicyclic) bond motifs is 3. The van der Waals surface area contributed by atoms with Crippen LogP contribution in [0, 0.1) is 11.8 Å². The van der Waals surface area contributed by atoms with Gasteiger partial charge in [0.25, 0.3) is 0 Å². The molecule has 1 saturated heterocycles. The minimum Gasteiger partial charge on any atom is -0.481 e. The number of carbonyl (C=O) groups is 3. The van der Waals surface area contributed by atoms with E-state index < -0.39 is 12.1 Å². The highest BCUT2D eigenvalue weighted by molar-refractivity contribution is 5.81. The minimum atomic E-state index is -0.810. The maximum absolute atomic E-state index is 12.5. The largest absolute Gasteiger partial charge is 0.481 e. The molecule has 7 heteroatoms. The number of hydrogen-bond acceptors (Lipinski definition) is 4. The van der Waals surface area contributed by atoms with Crippen LogP contribution in [0.2, 0.25) is 0 Å². The summed E-state index contributed by atoms with van der Waals surface area (Å²) in [5.41, 5.74) is 4.65. The van der Waals surface area contributed by atoms with Gasteiger partial charge in [-0.3, -0.25) is 9.59 Å². The zero-order valence-corrected chi connectivity index (χ0v) is 18.1. The number of amides is 2. The molecule has 1 unspecified atom stereocenters. The first kappa shape index (κ1) is 21.9. The third-order valence-corrected chi connectivity index (χ3v) is 6.35. The van der Waals surface area contributed by atoms with Crippen LogP contribution in [-0.2, 0) is 14.3 Å². The number of nitrogens with zero attached hydrogens (tertiary/aromatic N) is 1. The van der Waals surface area contributed by atoms with Crippen LogP contribution in [0.3, 0.4) is 0 Å². The zero-order chi connectivity index (χ0) is 22.7. The van der Waals surface area contributed by atoms with Gasteiger partial charge in [-0.05, 0) is 34.6 Å². The Morgan fingerprint density at radius 1 is 1.06 bits per heavy atom. The number of aliphatic carboxylic acids is 1. The van der Waals surface area contributed by atoms with Crippen LogP contribution in [-0.4, -0.2) is 54.2 Å². The molecule has 4 rings (SSSR count). The van der Waals surface area contributed by atoms with Crippen molar-refractivity contribution in [2.75, 3.05) is 26.2 Å². The Morgan fingerprint density at radius 3 is 2.25 bits per heavy atom. The molecule has 0 saturated carbocycles. The lowest BCUT2D eigenvalue weighted by Crippen LogP contribution is -2.53. The first-order valence-electron chi connectivity index (χ1n) is 11.0. The van der Waals surface area contributed by atoms with Crippen molar-refractivity contribution >= 4 is 18.0 Å². The van der Waals surface area contributed by atoms with E-state index in [2.05, 4.69) is 29.6 Å². The summed E-state index contributed by atoms with van der Waals surface area (Å²) in [6.45, 7) is 3.38. The lowest BCUT2D eigenvalue weighted by Gasteiger charge is -2.40. The summed E-state index contributed by atoms with van der Waals surface area (Å²) < 4.78 is 5.51. The Bertz CT molecular complexity index is 969. The molecule has 2 aromatic carbocycles. The Balaban J connectivity index is 1.23. The molecule has 2 amide bonds. The van der Waals surface area contributed by atoms with Crippen LogP contribution < -0.4 is 5.32 Å². The third kappa shape index (κ3) is 4.61. The second kappa shape index (κ2) is 9.42. The molecule has 1 atom stereocenters. The Kier molecular flexibility index (Phi) is 6.44. The fourth-order valence-corrected chi connectivity index (χ4v) is 4.54. The third-order valence-electron chi connectivity index (χ3n) is 6.35. The molecule has 7 nitrogen and oxygen atoms in total.